The zero-order valence-electron chi connectivity index (χ0n) is 11.9. The summed E-state index contributed by atoms with van der Waals surface area (Å²) in [5.74, 6) is 2.33. The minimum atomic E-state index is 0.378. The van der Waals surface area contributed by atoms with Crippen molar-refractivity contribution in [2.45, 2.75) is 51.8 Å². The van der Waals surface area contributed by atoms with Gasteiger partial charge in [0.1, 0.15) is 5.01 Å². The van der Waals surface area contributed by atoms with Gasteiger partial charge in [-0.05, 0) is 37.5 Å². The number of hydrogen-bond donors (Lipinski definition) is 1. The molecule has 102 valence electrons. The van der Waals surface area contributed by atoms with Gasteiger partial charge in [-0.3, -0.25) is 0 Å². The fourth-order valence-corrected chi connectivity index (χ4v) is 4.73. The van der Waals surface area contributed by atoms with E-state index in [1.807, 2.05) is 23.1 Å². The third kappa shape index (κ3) is 3.28. The SMILES string of the molecule is CCCSCc1nc2c(s1)C(NC)CC(C)(C)C2. The minimum Gasteiger partial charge on any atom is -0.312 e. The van der Waals surface area contributed by atoms with Gasteiger partial charge in [-0.25, -0.2) is 4.98 Å². The van der Waals surface area contributed by atoms with Crippen molar-refractivity contribution in [3.8, 4) is 0 Å². The molecule has 0 aliphatic heterocycles. The highest BCUT2D eigenvalue weighted by molar-refractivity contribution is 7.98. The number of nitrogens with one attached hydrogen (secondary N) is 1. The molecule has 1 aromatic heterocycles. The lowest BCUT2D eigenvalue weighted by molar-refractivity contribution is 0.265. The van der Waals surface area contributed by atoms with E-state index in [9.17, 15) is 0 Å². The fourth-order valence-electron chi connectivity index (χ4n) is 2.58. The van der Waals surface area contributed by atoms with Gasteiger partial charge in [-0.1, -0.05) is 20.8 Å². The second-order valence-electron chi connectivity index (χ2n) is 5.86. The number of hydrogen-bond acceptors (Lipinski definition) is 4. The maximum Gasteiger partial charge on any atom is 0.103 e. The van der Waals surface area contributed by atoms with E-state index in [4.69, 9.17) is 4.98 Å². The molecule has 0 saturated carbocycles. The summed E-state index contributed by atoms with van der Waals surface area (Å²) in [7, 11) is 2.07. The zero-order valence-corrected chi connectivity index (χ0v) is 13.5. The van der Waals surface area contributed by atoms with E-state index in [1.54, 1.807) is 0 Å². The Morgan fingerprint density at radius 3 is 2.94 bits per heavy atom. The van der Waals surface area contributed by atoms with Gasteiger partial charge < -0.3 is 5.32 Å². The van der Waals surface area contributed by atoms with Crippen LogP contribution in [0.3, 0.4) is 0 Å². The average molecular weight is 284 g/mol. The molecule has 2 nitrogen and oxygen atoms in total. The van der Waals surface area contributed by atoms with Crippen molar-refractivity contribution in [1.82, 2.24) is 10.3 Å². The van der Waals surface area contributed by atoms with Gasteiger partial charge in [-0.15, -0.1) is 11.3 Å². The highest BCUT2D eigenvalue weighted by Gasteiger charge is 2.34. The average Bonchev–Trinajstić information content (AvgIpc) is 2.69. The van der Waals surface area contributed by atoms with E-state index in [1.165, 1.54) is 34.2 Å². The van der Waals surface area contributed by atoms with Crippen LogP contribution in [0.15, 0.2) is 0 Å². The molecule has 1 N–H and O–H groups in total. The molecule has 0 radical (unpaired) electrons. The molecule has 0 amide bonds. The minimum absolute atomic E-state index is 0.378. The molecular formula is C14H24N2S2. The fraction of sp³-hybridized carbons (Fsp3) is 0.786. The van der Waals surface area contributed by atoms with Crippen molar-refractivity contribution in [2.24, 2.45) is 5.41 Å². The Morgan fingerprint density at radius 1 is 1.50 bits per heavy atom. The molecule has 1 heterocycles. The molecule has 2 rings (SSSR count). The molecule has 1 aromatic rings. The molecule has 4 heteroatoms. The van der Waals surface area contributed by atoms with Crippen molar-refractivity contribution in [3.05, 3.63) is 15.6 Å². The molecule has 0 saturated heterocycles. The van der Waals surface area contributed by atoms with Gasteiger partial charge >= 0.3 is 0 Å². The summed E-state index contributed by atoms with van der Waals surface area (Å²) in [5.41, 5.74) is 1.73. The van der Waals surface area contributed by atoms with Crippen molar-refractivity contribution in [1.29, 1.82) is 0 Å². The number of thioether (sulfide) groups is 1. The summed E-state index contributed by atoms with van der Waals surface area (Å²) in [6.07, 6.45) is 3.61. The molecule has 0 bridgehead atoms. The van der Waals surface area contributed by atoms with Crippen LogP contribution < -0.4 is 5.32 Å². The molecule has 0 fully saturated rings. The van der Waals surface area contributed by atoms with Crippen molar-refractivity contribution in [2.75, 3.05) is 12.8 Å². The van der Waals surface area contributed by atoms with E-state index in [0.29, 0.717) is 11.5 Å². The van der Waals surface area contributed by atoms with E-state index in [-0.39, 0.29) is 0 Å². The summed E-state index contributed by atoms with van der Waals surface area (Å²) in [6.45, 7) is 6.94. The zero-order chi connectivity index (χ0) is 13.2. The maximum atomic E-state index is 4.87. The molecular weight excluding hydrogens is 260 g/mol. The van der Waals surface area contributed by atoms with E-state index >= 15 is 0 Å². The first-order chi connectivity index (χ1) is 8.55. The van der Waals surface area contributed by atoms with Crippen LogP contribution in [-0.4, -0.2) is 17.8 Å². The van der Waals surface area contributed by atoms with Crippen LogP contribution >= 0.6 is 23.1 Å². The predicted octanol–water partition coefficient (Wildman–Crippen LogP) is 4.02. The van der Waals surface area contributed by atoms with Gasteiger partial charge in [0.25, 0.3) is 0 Å². The molecule has 1 aliphatic carbocycles. The lowest BCUT2D eigenvalue weighted by Crippen LogP contribution is -2.30. The Hall–Kier alpha value is -0.0600. The van der Waals surface area contributed by atoms with Crippen LogP contribution in [0.2, 0.25) is 0 Å². The Balaban J connectivity index is 2.13. The largest absolute Gasteiger partial charge is 0.312 e. The predicted molar refractivity (Wildman–Crippen MR) is 82.5 cm³/mol. The summed E-state index contributed by atoms with van der Waals surface area (Å²) in [4.78, 5) is 6.36. The third-order valence-electron chi connectivity index (χ3n) is 3.41. The van der Waals surface area contributed by atoms with Crippen molar-refractivity contribution in [3.63, 3.8) is 0 Å². The van der Waals surface area contributed by atoms with Crippen LogP contribution in [0, 0.1) is 5.41 Å². The van der Waals surface area contributed by atoms with Crippen LogP contribution in [0.25, 0.3) is 0 Å². The van der Waals surface area contributed by atoms with Crippen LogP contribution in [0.5, 0.6) is 0 Å². The molecule has 0 spiro atoms. The number of thiazole rings is 1. The van der Waals surface area contributed by atoms with Gasteiger partial charge in [0.05, 0.1) is 5.69 Å². The maximum absolute atomic E-state index is 4.87. The normalized spacial score (nSPS) is 21.9. The Morgan fingerprint density at radius 2 is 2.28 bits per heavy atom. The Kier molecular flexibility index (Phi) is 4.73. The molecule has 0 aromatic carbocycles. The second kappa shape index (κ2) is 5.93. The van der Waals surface area contributed by atoms with Gasteiger partial charge in [-0.2, -0.15) is 11.8 Å². The Labute approximate surface area is 119 Å². The lowest BCUT2D eigenvalue weighted by Gasteiger charge is -2.34. The van der Waals surface area contributed by atoms with Gasteiger partial charge in [0.2, 0.25) is 0 Å². The number of fused-ring (bicyclic) bond motifs is 1. The van der Waals surface area contributed by atoms with E-state index in [0.717, 1.165) is 12.2 Å². The molecule has 1 unspecified atom stereocenters. The number of nitrogens with zero attached hydrogens (tertiary/aromatic N) is 1. The number of rotatable bonds is 5. The summed E-state index contributed by atoms with van der Waals surface area (Å²) >= 11 is 3.93. The first-order valence-electron chi connectivity index (χ1n) is 6.79. The highest BCUT2D eigenvalue weighted by Crippen LogP contribution is 2.43. The van der Waals surface area contributed by atoms with E-state index < -0.39 is 0 Å². The van der Waals surface area contributed by atoms with Crippen molar-refractivity contribution >= 4 is 23.1 Å². The molecule has 1 atom stereocenters. The van der Waals surface area contributed by atoms with Crippen LogP contribution in [0.1, 0.15) is 55.2 Å². The molecule has 1 aliphatic rings. The first kappa shape index (κ1) is 14.4. The standard InChI is InChI=1S/C14H24N2S2/c1-5-6-17-9-12-16-11-8-14(2,3)7-10(15-4)13(11)18-12/h10,15H,5-9H2,1-4H3. The van der Waals surface area contributed by atoms with Crippen molar-refractivity contribution < 1.29 is 0 Å². The third-order valence-corrected chi connectivity index (χ3v) is 5.98. The lowest BCUT2D eigenvalue weighted by atomic mass is 9.76. The van der Waals surface area contributed by atoms with Gasteiger partial charge in [0.15, 0.2) is 0 Å². The first-order valence-corrected chi connectivity index (χ1v) is 8.76. The summed E-state index contributed by atoms with van der Waals surface area (Å²) < 4.78 is 0. The second-order valence-corrected chi connectivity index (χ2v) is 8.08. The topological polar surface area (TPSA) is 24.9 Å². The number of aromatic nitrogens is 1. The van der Waals surface area contributed by atoms with Crippen LogP contribution in [0.4, 0.5) is 0 Å². The highest BCUT2D eigenvalue weighted by atomic mass is 32.2. The summed E-state index contributed by atoms with van der Waals surface area (Å²) in [6, 6.07) is 0.506. The smallest absolute Gasteiger partial charge is 0.103 e. The monoisotopic (exact) mass is 284 g/mol. The van der Waals surface area contributed by atoms with Crippen LogP contribution in [-0.2, 0) is 12.2 Å². The Bertz CT molecular complexity index is 398. The molecule has 18 heavy (non-hydrogen) atoms. The quantitative estimate of drug-likeness (QED) is 0.827. The van der Waals surface area contributed by atoms with E-state index in [2.05, 4.69) is 33.1 Å². The summed E-state index contributed by atoms with van der Waals surface area (Å²) in [5, 5.41) is 4.78. The van der Waals surface area contributed by atoms with Gasteiger partial charge in [0, 0.05) is 16.7 Å².